The van der Waals surface area contributed by atoms with Crippen LogP contribution in [0.2, 0.25) is 0 Å². The van der Waals surface area contributed by atoms with Gasteiger partial charge in [-0.1, -0.05) is 20.8 Å². The zero-order valence-electron chi connectivity index (χ0n) is 20.7. The van der Waals surface area contributed by atoms with E-state index >= 15 is 0 Å². The molecule has 172 valence electrons. The second kappa shape index (κ2) is 11.8. The Labute approximate surface area is 242 Å². The molecule has 4 saturated carbocycles. The van der Waals surface area contributed by atoms with Gasteiger partial charge in [0.2, 0.25) is 0 Å². The zero-order valence-corrected chi connectivity index (χ0v) is 26.8. The molecule has 3 spiro atoms. The minimum atomic E-state index is -0.750. The Morgan fingerprint density at radius 3 is 1.37 bits per heavy atom. The topological polar surface area (TPSA) is 52.7 Å². The van der Waals surface area contributed by atoms with Gasteiger partial charge in [-0.25, -0.2) is 0 Å². The maximum Gasteiger partial charge on any atom is 1.00 e. The van der Waals surface area contributed by atoms with Gasteiger partial charge in [-0.05, 0) is 115 Å². The van der Waals surface area contributed by atoms with Gasteiger partial charge in [0.05, 0.1) is 12.2 Å². The summed E-state index contributed by atoms with van der Waals surface area (Å²) in [5, 5.41) is 10.1. The van der Waals surface area contributed by atoms with Crippen LogP contribution in [0, 0.1) is 10.8 Å². The predicted octanol–water partition coefficient (Wildman–Crippen LogP) is 3.20. The SMILES string of the molecule is C1CC12CCC1(CC2)CO1.CC(C)(C)[O-].CS(C)(C)I.O=C1CCC2(CC1)CC2.[K+]. The number of Topliss-reactive ketones (excluding diaryl/α,β-unsaturated/α-hetero) is 1. The number of hydrogen-bond acceptors (Lipinski definition) is 3. The van der Waals surface area contributed by atoms with Crippen LogP contribution in [0.25, 0.3) is 0 Å². The summed E-state index contributed by atoms with van der Waals surface area (Å²) in [6.45, 7) is 5.97. The van der Waals surface area contributed by atoms with Gasteiger partial charge in [0.15, 0.2) is 0 Å². The summed E-state index contributed by atoms with van der Waals surface area (Å²) < 4.78 is 5.46. The molecule has 5 fully saturated rings. The third kappa shape index (κ3) is 13.9. The molecule has 0 radical (unpaired) electrons. The van der Waals surface area contributed by atoms with Crippen molar-refractivity contribution in [2.45, 2.75) is 109 Å². The Morgan fingerprint density at radius 1 is 0.833 bits per heavy atom. The van der Waals surface area contributed by atoms with Gasteiger partial charge in [0.25, 0.3) is 0 Å². The fraction of sp³-hybridized carbons (Fsp3) is 0.958. The van der Waals surface area contributed by atoms with Crippen LogP contribution in [-0.2, 0) is 9.53 Å². The van der Waals surface area contributed by atoms with Crippen molar-refractivity contribution in [3.8, 4) is 0 Å². The number of carbonyl (C=O) groups is 1. The van der Waals surface area contributed by atoms with Gasteiger partial charge in [-0.2, -0.15) is 7.20 Å². The van der Waals surface area contributed by atoms with E-state index in [2.05, 4.69) is 40.0 Å². The molecule has 0 aromatic carbocycles. The van der Waals surface area contributed by atoms with Gasteiger partial charge in [0.1, 0.15) is 5.78 Å². The van der Waals surface area contributed by atoms with Crippen LogP contribution >= 0.6 is 28.4 Å². The molecular weight excluding hydrogens is 534 g/mol. The fourth-order valence-electron chi connectivity index (χ4n) is 4.04. The summed E-state index contributed by atoms with van der Waals surface area (Å²) in [5.74, 6) is 0.493. The van der Waals surface area contributed by atoms with Gasteiger partial charge in [0, 0.05) is 12.8 Å². The number of halogens is 1. The first-order chi connectivity index (χ1) is 13.1. The normalized spacial score (nSPS) is 26.6. The number of epoxide rings is 1. The van der Waals surface area contributed by atoms with E-state index in [1.165, 1.54) is 64.2 Å². The molecule has 1 heterocycles. The van der Waals surface area contributed by atoms with E-state index in [0.29, 0.717) is 16.8 Å². The Hall–Kier alpha value is 2.31. The van der Waals surface area contributed by atoms with Crippen molar-refractivity contribution in [3.05, 3.63) is 0 Å². The fourth-order valence-corrected chi connectivity index (χ4v) is 4.04. The second-order valence-electron chi connectivity index (χ2n) is 11.8. The van der Waals surface area contributed by atoms with Crippen molar-refractivity contribution >= 4 is 34.2 Å². The van der Waals surface area contributed by atoms with Crippen LogP contribution in [0.3, 0.4) is 0 Å². The monoisotopic (exact) mass is 578 g/mol. The molecule has 5 rings (SSSR count). The molecular formula is C24H44IKO3S. The number of ether oxygens (including phenoxy) is 1. The standard InChI is InChI=1S/C9H14O.C8H12O.C4H9O.C3H9IS.K/c1-2-8(1)3-5-9(6-4-8)7-10-9;9-7-1-3-8(4-2-7)5-6-8;1-4(2,3)5;1-5(2,3)4;/h1-7H2;1-6H2;2*1-3H3;/q;;-1;;+1. The maximum atomic E-state index is 10.8. The number of rotatable bonds is 0. The molecule has 0 bridgehead atoms. The summed E-state index contributed by atoms with van der Waals surface area (Å²) in [5.41, 5.74) is 1.21. The molecule has 0 unspecified atom stereocenters. The molecule has 6 heteroatoms. The van der Waals surface area contributed by atoms with E-state index in [9.17, 15) is 9.90 Å². The number of carbonyl (C=O) groups excluding carboxylic acids is 1. The first-order valence-corrected chi connectivity index (χ1v) is 16.8. The summed E-state index contributed by atoms with van der Waals surface area (Å²) in [7, 11) is -0.197. The molecule has 3 nitrogen and oxygen atoms in total. The van der Waals surface area contributed by atoms with Crippen LogP contribution < -0.4 is 56.5 Å². The molecule has 5 aliphatic rings. The minimum absolute atomic E-state index is 0. The van der Waals surface area contributed by atoms with Crippen molar-refractivity contribution in [3.63, 3.8) is 0 Å². The van der Waals surface area contributed by atoms with Crippen molar-refractivity contribution in [1.29, 1.82) is 0 Å². The third-order valence-corrected chi connectivity index (χ3v) is 6.56. The quantitative estimate of drug-likeness (QED) is 0.252. The Bertz CT molecular complexity index is 488. The molecule has 0 amide bonds. The van der Waals surface area contributed by atoms with Gasteiger partial charge in [-0.15, -0.1) is 5.60 Å². The van der Waals surface area contributed by atoms with Gasteiger partial charge in [-0.3, -0.25) is 4.79 Å². The minimum Gasteiger partial charge on any atom is -0.850 e. The average Bonchev–Trinajstić information content (AvgIpc) is 3.44. The van der Waals surface area contributed by atoms with E-state index < -0.39 is 5.60 Å². The molecule has 1 aliphatic heterocycles. The van der Waals surface area contributed by atoms with Crippen LogP contribution in [0.4, 0.5) is 0 Å². The molecule has 1 saturated heterocycles. The van der Waals surface area contributed by atoms with Crippen molar-refractivity contribution < 1.29 is 66.0 Å². The van der Waals surface area contributed by atoms with Crippen molar-refractivity contribution in [1.82, 2.24) is 0 Å². The molecule has 0 N–H and O–H groups in total. The van der Waals surface area contributed by atoms with Crippen LogP contribution in [-0.4, -0.2) is 42.4 Å². The van der Waals surface area contributed by atoms with E-state index in [1.807, 2.05) is 0 Å². The summed E-state index contributed by atoms with van der Waals surface area (Å²) in [6.07, 6.45) is 22.4. The van der Waals surface area contributed by atoms with Crippen LogP contribution in [0.1, 0.15) is 97.8 Å². The van der Waals surface area contributed by atoms with Crippen molar-refractivity contribution in [2.24, 2.45) is 10.8 Å². The Kier molecular flexibility index (Phi) is 12.0. The van der Waals surface area contributed by atoms with Gasteiger partial charge < -0.3 is 9.84 Å². The zero-order chi connectivity index (χ0) is 22.0. The molecule has 30 heavy (non-hydrogen) atoms. The van der Waals surface area contributed by atoms with Crippen LogP contribution in [0.15, 0.2) is 0 Å². The van der Waals surface area contributed by atoms with Crippen molar-refractivity contribution in [2.75, 3.05) is 25.4 Å². The third-order valence-electron chi connectivity index (χ3n) is 6.56. The molecule has 0 atom stereocenters. The molecule has 0 aromatic heterocycles. The predicted molar refractivity (Wildman–Crippen MR) is 133 cm³/mol. The summed E-state index contributed by atoms with van der Waals surface area (Å²) >= 11 is 2.46. The smallest absolute Gasteiger partial charge is 0.850 e. The first kappa shape index (κ1) is 30.3. The average molecular weight is 579 g/mol. The summed E-state index contributed by atoms with van der Waals surface area (Å²) in [6, 6.07) is 0. The maximum absolute atomic E-state index is 10.8. The Balaban J connectivity index is 0.000000209. The first-order valence-electron chi connectivity index (χ1n) is 11.4. The van der Waals surface area contributed by atoms with E-state index in [1.54, 1.807) is 20.8 Å². The van der Waals surface area contributed by atoms with E-state index in [4.69, 9.17) is 4.74 Å². The summed E-state index contributed by atoms with van der Waals surface area (Å²) in [4.78, 5) is 10.8. The van der Waals surface area contributed by atoms with E-state index in [-0.39, 0.29) is 58.6 Å². The number of ketones is 1. The van der Waals surface area contributed by atoms with Gasteiger partial charge >= 0.3 is 51.4 Å². The van der Waals surface area contributed by atoms with E-state index in [0.717, 1.165) is 24.9 Å². The molecule has 4 aliphatic carbocycles. The Morgan fingerprint density at radius 2 is 1.10 bits per heavy atom. The molecule has 0 aromatic rings. The largest absolute Gasteiger partial charge is 1.00 e. The number of hydrogen-bond donors (Lipinski definition) is 0. The van der Waals surface area contributed by atoms with Crippen LogP contribution in [0.5, 0.6) is 0 Å². The second-order valence-corrected chi connectivity index (χ2v) is 23.1.